The van der Waals surface area contributed by atoms with Gasteiger partial charge in [0.25, 0.3) is 0 Å². The SMILES string of the molecule is C.C=CC1CCC(C)C(C)(C(=O)NC(C)(C)C)C1.CC1(C)O[B]OC1(C)C.CC1CCC(CCB2OC(C)(C)C(C)(C)O2)CC1(C)C(=O)NC(C)(C)C.NC1CCC(CCB(O)O)CC1(N)C(=O)O. The van der Waals surface area contributed by atoms with Crippen molar-refractivity contribution in [2.24, 2.45) is 51.9 Å². The minimum absolute atomic E-state index is 0. The van der Waals surface area contributed by atoms with Crippen LogP contribution in [0.1, 0.15) is 203 Å². The topological polar surface area (TPSA) is 225 Å². The number of carboxylic acids is 1. The van der Waals surface area contributed by atoms with E-state index in [1.807, 2.05) is 54.5 Å². The molecule has 2 heterocycles. The van der Waals surface area contributed by atoms with Crippen LogP contribution in [0, 0.1) is 40.4 Å². The van der Waals surface area contributed by atoms with Crippen LogP contribution in [0.25, 0.3) is 0 Å². The summed E-state index contributed by atoms with van der Waals surface area (Å²) >= 11 is 0. The van der Waals surface area contributed by atoms with Gasteiger partial charge in [0.1, 0.15) is 5.54 Å². The van der Waals surface area contributed by atoms with Crippen molar-refractivity contribution in [3.05, 3.63) is 12.7 Å². The predicted molar refractivity (Wildman–Crippen MR) is 283 cm³/mol. The number of nitrogens with one attached hydrogen (secondary N) is 2. The molecule has 14 nitrogen and oxygen atoms in total. The second kappa shape index (κ2) is 24.8. The minimum atomic E-state index is -1.37. The third-order valence-electron chi connectivity index (χ3n) is 16.6. The number of allylic oxidation sites excluding steroid dienone is 1. The highest BCUT2D eigenvalue weighted by Gasteiger charge is 2.52. The van der Waals surface area contributed by atoms with Gasteiger partial charge >= 0.3 is 27.9 Å². The first-order valence-corrected chi connectivity index (χ1v) is 25.6. The van der Waals surface area contributed by atoms with Crippen molar-refractivity contribution in [2.75, 3.05) is 0 Å². The summed E-state index contributed by atoms with van der Waals surface area (Å²) in [6.45, 7) is 41.3. The maximum atomic E-state index is 13.0. The molecule has 0 aromatic carbocycles. The molecule has 5 aliphatic rings. The molecule has 9 atom stereocenters. The molecule has 0 aromatic heterocycles. The molecule has 1 radical (unpaired) electrons. The number of carboxylic acid groups (broad SMARTS) is 1. The Hall–Kier alpha value is -1.98. The van der Waals surface area contributed by atoms with Crippen molar-refractivity contribution in [3.63, 3.8) is 0 Å². The quantitative estimate of drug-likeness (QED) is 0.0805. The van der Waals surface area contributed by atoms with E-state index >= 15 is 0 Å². The minimum Gasteiger partial charge on any atom is -0.480 e. The normalized spacial score (nSPS) is 33.2. The van der Waals surface area contributed by atoms with Gasteiger partial charge in [0.15, 0.2) is 0 Å². The molecule has 2 saturated heterocycles. The molecule has 0 spiro atoms. The van der Waals surface area contributed by atoms with Crippen LogP contribution in [0.15, 0.2) is 12.7 Å². The molecule has 3 saturated carbocycles. The third kappa shape index (κ3) is 18.2. The average Bonchev–Trinajstić information content (AvgIpc) is 3.56. The summed E-state index contributed by atoms with van der Waals surface area (Å²) in [5.74, 6) is 1.33. The van der Waals surface area contributed by atoms with E-state index in [0.29, 0.717) is 42.9 Å². The highest BCUT2D eigenvalue weighted by Crippen LogP contribution is 2.47. The lowest BCUT2D eigenvalue weighted by atomic mass is 9.62. The van der Waals surface area contributed by atoms with Gasteiger partial charge < -0.3 is 55.9 Å². The molecule has 2 aliphatic heterocycles. The van der Waals surface area contributed by atoms with Crippen molar-refractivity contribution in [1.29, 1.82) is 0 Å². The molecular weight excluding hydrogens is 873 g/mol. The van der Waals surface area contributed by atoms with E-state index in [0.717, 1.165) is 44.8 Å². The number of hydrogen-bond acceptors (Lipinski definition) is 11. The van der Waals surface area contributed by atoms with Crippen LogP contribution in [0.2, 0.25) is 12.6 Å². The number of hydrogen-bond donors (Lipinski definition) is 7. The summed E-state index contributed by atoms with van der Waals surface area (Å²) in [6.07, 6.45) is 12.9. The molecule has 2 amide bonds. The largest absolute Gasteiger partial charge is 0.488 e. The summed E-state index contributed by atoms with van der Waals surface area (Å²) in [5, 5.41) is 32.9. The van der Waals surface area contributed by atoms with Gasteiger partial charge in [-0.05, 0) is 191 Å². The van der Waals surface area contributed by atoms with E-state index in [4.69, 9.17) is 45.2 Å². The fraction of sp³-hybridized carbons (Fsp3) is 0.904. The lowest BCUT2D eigenvalue weighted by molar-refractivity contribution is -0.146. The van der Waals surface area contributed by atoms with Crippen LogP contribution in [-0.2, 0) is 33.0 Å². The zero-order chi connectivity index (χ0) is 52.7. The van der Waals surface area contributed by atoms with Crippen molar-refractivity contribution < 1.29 is 48.2 Å². The Bertz CT molecular complexity index is 1640. The maximum absolute atomic E-state index is 13.0. The number of amides is 2. The van der Waals surface area contributed by atoms with Gasteiger partial charge in [0.2, 0.25) is 11.8 Å². The van der Waals surface area contributed by atoms with Crippen molar-refractivity contribution in [1.82, 2.24) is 10.6 Å². The molecule has 5 fully saturated rings. The highest BCUT2D eigenvalue weighted by molar-refractivity contribution is 6.45. The van der Waals surface area contributed by atoms with Gasteiger partial charge in [-0.25, -0.2) is 0 Å². The van der Waals surface area contributed by atoms with Crippen molar-refractivity contribution >= 4 is 39.7 Å². The first-order chi connectivity index (χ1) is 30.7. The number of nitrogens with two attached hydrogens (primary N) is 2. The van der Waals surface area contributed by atoms with E-state index in [9.17, 15) is 14.4 Å². The highest BCUT2D eigenvalue weighted by atomic mass is 16.7. The fourth-order valence-electron chi connectivity index (χ4n) is 9.67. The van der Waals surface area contributed by atoms with Crippen molar-refractivity contribution in [2.45, 2.75) is 260 Å². The van der Waals surface area contributed by atoms with Gasteiger partial charge in [0, 0.05) is 27.9 Å². The first-order valence-electron chi connectivity index (χ1n) is 25.6. The van der Waals surface area contributed by atoms with E-state index in [1.165, 1.54) is 20.5 Å². The summed E-state index contributed by atoms with van der Waals surface area (Å²) in [6, 6.07) is -0.528. The zero-order valence-corrected chi connectivity index (χ0v) is 46.0. The Morgan fingerprint density at radius 1 is 0.710 bits per heavy atom. The summed E-state index contributed by atoms with van der Waals surface area (Å²) in [4.78, 5) is 36.5. The van der Waals surface area contributed by atoms with Gasteiger partial charge in [0.05, 0.1) is 22.4 Å². The predicted octanol–water partition coefficient (Wildman–Crippen LogP) is 8.88. The summed E-state index contributed by atoms with van der Waals surface area (Å²) < 4.78 is 22.7. The number of aliphatic carboxylic acids is 1. The average molecular weight is 976 g/mol. The lowest BCUT2D eigenvalue weighted by Gasteiger charge is -2.43. The molecule has 69 heavy (non-hydrogen) atoms. The Morgan fingerprint density at radius 3 is 1.52 bits per heavy atom. The van der Waals surface area contributed by atoms with E-state index in [2.05, 4.69) is 93.4 Å². The molecule has 399 valence electrons. The lowest BCUT2D eigenvalue weighted by Crippen LogP contribution is -2.63. The molecule has 0 bridgehead atoms. The van der Waals surface area contributed by atoms with Crippen LogP contribution >= 0.6 is 0 Å². The number of carbonyl (C=O) groups excluding carboxylic acids is 2. The zero-order valence-electron chi connectivity index (χ0n) is 46.0. The van der Waals surface area contributed by atoms with Crippen LogP contribution < -0.4 is 22.1 Å². The smallest absolute Gasteiger partial charge is 0.480 e. The van der Waals surface area contributed by atoms with E-state index in [1.54, 1.807) is 0 Å². The summed E-state index contributed by atoms with van der Waals surface area (Å²) in [5.41, 5.74) is 8.38. The molecule has 9 unspecified atom stereocenters. The van der Waals surface area contributed by atoms with E-state index < -0.39 is 24.7 Å². The van der Waals surface area contributed by atoms with Gasteiger partial charge in [-0.2, -0.15) is 0 Å². The molecule has 3 aliphatic carbocycles. The first kappa shape index (κ1) is 65.0. The summed E-state index contributed by atoms with van der Waals surface area (Å²) in [7, 11) is -0.0541. The number of carbonyl (C=O) groups is 3. The van der Waals surface area contributed by atoms with Crippen LogP contribution in [-0.4, -0.2) is 99.9 Å². The maximum Gasteiger partial charge on any atom is 0.488 e. The number of rotatable bonds is 10. The molecular formula is C52H102B3N4O10. The van der Waals surface area contributed by atoms with Crippen LogP contribution in [0.3, 0.4) is 0 Å². The third-order valence-corrected chi connectivity index (χ3v) is 16.6. The second-order valence-corrected chi connectivity index (χ2v) is 25.7. The van der Waals surface area contributed by atoms with Gasteiger partial charge in [-0.3, -0.25) is 14.4 Å². The monoisotopic (exact) mass is 976 g/mol. The van der Waals surface area contributed by atoms with Crippen LogP contribution in [0.5, 0.6) is 0 Å². The Labute approximate surface area is 422 Å². The van der Waals surface area contributed by atoms with E-state index in [-0.39, 0.29) is 82.9 Å². The molecule has 5 rings (SSSR count). The van der Waals surface area contributed by atoms with Gasteiger partial charge in [-0.1, -0.05) is 60.5 Å². The van der Waals surface area contributed by atoms with Crippen molar-refractivity contribution in [3.8, 4) is 0 Å². The Balaban J connectivity index is 0.000000485. The van der Waals surface area contributed by atoms with Gasteiger partial charge in [-0.15, -0.1) is 6.58 Å². The second-order valence-electron chi connectivity index (χ2n) is 25.7. The van der Waals surface area contributed by atoms with Crippen LogP contribution in [0.4, 0.5) is 0 Å². The molecule has 0 aromatic rings. The molecule has 17 heteroatoms. The Morgan fingerprint density at radius 2 is 1.13 bits per heavy atom. The Kier molecular flexibility index (Phi) is 23.4. The molecule has 9 N–H and O–H groups in total. The fourth-order valence-corrected chi connectivity index (χ4v) is 9.67. The standard InChI is InChI=1S/C21H40BNO3.C15H27NO.C9H19BN2O4.C6H12BO2.CH4/c1-15-10-11-16(14-21(15,9)17(24)23-18(2,3)4)12-13-22-25-19(5,6)20(7,8)26-22;1-7-12-9-8-11(2)15(6,10-12)13(17)16-14(3,4)5;11-7-2-1-6(3-4-10(15)16)5-9(7,12)8(13)14;1-5(2)6(3,4)9-7-8-5;/h15-16H,10-14H2,1-9H3,(H,23,24);7,11-12H,1,8-10H2,2-6H3,(H,16,17);6-7,15-16H,1-5,11-12H2,(H,13,14);1-4H3;1H4.